The van der Waals surface area contributed by atoms with Gasteiger partial charge >= 0.3 is 6.09 Å². The Labute approximate surface area is 78.9 Å². The van der Waals surface area contributed by atoms with Gasteiger partial charge in [-0.25, -0.2) is 4.79 Å². The number of nitrogens with one attached hydrogen (secondary N) is 1. The maximum absolute atomic E-state index is 11.0. The average Bonchev–Trinajstić information content (AvgIpc) is 2.17. The zero-order valence-electron chi connectivity index (χ0n) is 8.34. The van der Waals surface area contributed by atoms with Crippen LogP contribution in [0.5, 0.6) is 0 Å². The van der Waals surface area contributed by atoms with Gasteiger partial charge < -0.3 is 15.3 Å². The molecule has 0 saturated carbocycles. The topological polar surface area (TPSA) is 52.6 Å². The summed E-state index contributed by atoms with van der Waals surface area (Å²) in [6, 6.07) is 0. The first-order chi connectivity index (χ1) is 6.16. The molecule has 1 saturated heterocycles. The molecule has 0 atom stereocenters. The molecule has 1 rings (SSSR count). The Morgan fingerprint density at radius 3 is 2.54 bits per heavy atom. The molecule has 76 valence electrons. The van der Waals surface area contributed by atoms with Crippen LogP contribution in [0.4, 0.5) is 4.79 Å². The van der Waals surface area contributed by atoms with Gasteiger partial charge in [0.15, 0.2) is 0 Å². The number of carboxylic acid groups (broad SMARTS) is 1. The van der Waals surface area contributed by atoms with Crippen molar-refractivity contribution >= 4 is 6.09 Å². The number of rotatable bonds is 2. The van der Waals surface area contributed by atoms with Crippen molar-refractivity contribution in [3.63, 3.8) is 0 Å². The Balaban J connectivity index is 2.81. The monoisotopic (exact) mass is 186 g/mol. The molecule has 4 heteroatoms. The van der Waals surface area contributed by atoms with E-state index in [9.17, 15) is 4.79 Å². The third-order valence-corrected chi connectivity index (χ3v) is 3.09. The molecular weight excluding hydrogens is 168 g/mol. The summed E-state index contributed by atoms with van der Waals surface area (Å²) >= 11 is 0. The van der Waals surface area contributed by atoms with Crippen molar-refractivity contribution in [3.05, 3.63) is 0 Å². The van der Waals surface area contributed by atoms with E-state index in [1.54, 1.807) is 4.90 Å². The van der Waals surface area contributed by atoms with Crippen molar-refractivity contribution < 1.29 is 9.90 Å². The predicted octanol–water partition coefficient (Wildman–Crippen LogP) is 1.13. The van der Waals surface area contributed by atoms with Crippen molar-refractivity contribution in [1.82, 2.24) is 10.2 Å². The van der Waals surface area contributed by atoms with Crippen LogP contribution in [0.25, 0.3) is 0 Å². The van der Waals surface area contributed by atoms with Gasteiger partial charge in [-0.1, -0.05) is 13.8 Å². The van der Waals surface area contributed by atoms with Crippen molar-refractivity contribution in [2.45, 2.75) is 32.2 Å². The van der Waals surface area contributed by atoms with Crippen LogP contribution in [0, 0.1) is 0 Å². The van der Waals surface area contributed by atoms with Crippen LogP contribution in [0.15, 0.2) is 0 Å². The summed E-state index contributed by atoms with van der Waals surface area (Å²) in [5.74, 6) is 0. The average molecular weight is 186 g/mol. The predicted molar refractivity (Wildman–Crippen MR) is 50.9 cm³/mol. The van der Waals surface area contributed by atoms with E-state index in [4.69, 9.17) is 5.11 Å². The second kappa shape index (κ2) is 3.96. The molecule has 0 bridgehead atoms. The highest BCUT2D eigenvalue weighted by Crippen LogP contribution is 2.25. The lowest BCUT2D eigenvalue weighted by Gasteiger charge is -2.45. The van der Waals surface area contributed by atoms with Gasteiger partial charge in [0.05, 0.1) is 5.54 Å². The standard InChI is InChI=1S/C9H18N2O2/c1-3-9(4-2)7-10-5-6-11(9)8(12)13/h10H,3-7H2,1-2H3,(H,12,13). The van der Waals surface area contributed by atoms with Crippen LogP contribution in [-0.4, -0.2) is 41.3 Å². The van der Waals surface area contributed by atoms with Gasteiger partial charge in [-0.3, -0.25) is 0 Å². The summed E-state index contributed by atoms with van der Waals surface area (Å²) < 4.78 is 0. The number of hydrogen-bond acceptors (Lipinski definition) is 2. The van der Waals surface area contributed by atoms with E-state index in [1.165, 1.54) is 0 Å². The van der Waals surface area contributed by atoms with E-state index < -0.39 is 6.09 Å². The minimum atomic E-state index is -0.787. The van der Waals surface area contributed by atoms with E-state index in [-0.39, 0.29) is 5.54 Å². The first-order valence-corrected chi connectivity index (χ1v) is 4.87. The smallest absolute Gasteiger partial charge is 0.407 e. The minimum absolute atomic E-state index is 0.177. The molecule has 2 N–H and O–H groups in total. The molecule has 1 amide bonds. The van der Waals surface area contributed by atoms with Crippen LogP contribution >= 0.6 is 0 Å². The van der Waals surface area contributed by atoms with Crippen LogP contribution < -0.4 is 5.32 Å². The fraction of sp³-hybridized carbons (Fsp3) is 0.889. The molecule has 0 aromatic carbocycles. The van der Waals surface area contributed by atoms with Crippen molar-refractivity contribution in [2.24, 2.45) is 0 Å². The van der Waals surface area contributed by atoms with Crippen molar-refractivity contribution in [2.75, 3.05) is 19.6 Å². The Morgan fingerprint density at radius 1 is 1.54 bits per heavy atom. The lowest BCUT2D eigenvalue weighted by Crippen LogP contribution is -2.62. The zero-order chi connectivity index (χ0) is 9.90. The van der Waals surface area contributed by atoms with Gasteiger partial charge in [-0.2, -0.15) is 0 Å². The molecular formula is C9H18N2O2. The second-order valence-electron chi connectivity index (χ2n) is 3.54. The molecule has 0 radical (unpaired) electrons. The largest absolute Gasteiger partial charge is 0.465 e. The molecule has 0 unspecified atom stereocenters. The second-order valence-corrected chi connectivity index (χ2v) is 3.54. The van der Waals surface area contributed by atoms with Crippen LogP contribution in [0.1, 0.15) is 26.7 Å². The van der Waals surface area contributed by atoms with Gasteiger partial charge in [0.25, 0.3) is 0 Å². The van der Waals surface area contributed by atoms with Gasteiger partial charge in [0, 0.05) is 19.6 Å². The Hall–Kier alpha value is -0.770. The van der Waals surface area contributed by atoms with Crippen molar-refractivity contribution in [1.29, 1.82) is 0 Å². The SMILES string of the molecule is CCC1(CC)CNCCN1C(=O)O. The number of nitrogens with zero attached hydrogens (tertiary/aromatic N) is 1. The molecule has 0 aromatic heterocycles. The Bertz CT molecular complexity index is 190. The molecule has 1 aliphatic heterocycles. The summed E-state index contributed by atoms with van der Waals surface area (Å²) in [5, 5.41) is 12.3. The van der Waals surface area contributed by atoms with E-state index in [2.05, 4.69) is 5.32 Å². The lowest BCUT2D eigenvalue weighted by molar-refractivity contribution is 0.0511. The molecule has 1 fully saturated rings. The van der Waals surface area contributed by atoms with E-state index >= 15 is 0 Å². The number of hydrogen-bond donors (Lipinski definition) is 2. The molecule has 1 heterocycles. The summed E-state index contributed by atoms with van der Waals surface area (Å²) in [7, 11) is 0. The number of carbonyl (C=O) groups is 1. The highest BCUT2D eigenvalue weighted by atomic mass is 16.4. The highest BCUT2D eigenvalue weighted by molar-refractivity contribution is 5.66. The normalized spacial score (nSPS) is 21.5. The van der Waals surface area contributed by atoms with E-state index in [0.717, 1.165) is 25.9 Å². The fourth-order valence-corrected chi connectivity index (χ4v) is 2.02. The van der Waals surface area contributed by atoms with Crippen LogP contribution in [0.3, 0.4) is 0 Å². The minimum Gasteiger partial charge on any atom is -0.465 e. The number of amides is 1. The summed E-state index contributed by atoms with van der Waals surface area (Å²) in [6.45, 7) is 6.26. The highest BCUT2D eigenvalue weighted by Gasteiger charge is 2.38. The Morgan fingerprint density at radius 2 is 2.15 bits per heavy atom. The molecule has 13 heavy (non-hydrogen) atoms. The van der Waals surface area contributed by atoms with Gasteiger partial charge in [0.2, 0.25) is 0 Å². The van der Waals surface area contributed by atoms with E-state index in [0.29, 0.717) is 6.54 Å². The first kappa shape index (κ1) is 10.3. The molecule has 4 nitrogen and oxygen atoms in total. The van der Waals surface area contributed by atoms with Crippen LogP contribution in [-0.2, 0) is 0 Å². The van der Waals surface area contributed by atoms with Gasteiger partial charge in [0.1, 0.15) is 0 Å². The van der Waals surface area contributed by atoms with Gasteiger partial charge in [-0.15, -0.1) is 0 Å². The van der Waals surface area contributed by atoms with Crippen molar-refractivity contribution in [3.8, 4) is 0 Å². The summed E-state index contributed by atoms with van der Waals surface area (Å²) in [6.07, 6.45) is 0.969. The molecule has 0 aromatic rings. The quantitative estimate of drug-likeness (QED) is 0.679. The maximum Gasteiger partial charge on any atom is 0.407 e. The fourth-order valence-electron chi connectivity index (χ4n) is 2.02. The first-order valence-electron chi connectivity index (χ1n) is 4.87. The molecule has 0 aliphatic carbocycles. The Kier molecular flexibility index (Phi) is 3.14. The molecule has 1 aliphatic rings. The third kappa shape index (κ3) is 1.77. The zero-order valence-corrected chi connectivity index (χ0v) is 8.34. The number of piperazine rings is 1. The van der Waals surface area contributed by atoms with Gasteiger partial charge in [-0.05, 0) is 12.8 Å². The maximum atomic E-state index is 11.0. The molecule has 0 spiro atoms. The summed E-state index contributed by atoms with van der Waals surface area (Å²) in [5.41, 5.74) is -0.177. The lowest BCUT2D eigenvalue weighted by atomic mass is 9.89. The third-order valence-electron chi connectivity index (χ3n) is 3.09. The van der Waals surface area contributed by atoms with Crippen LogP contribution in [0.2, 0.25) is 0 Å². The summed E-state index contributed by atoms with van der Waals surface area (Å²) in [4.78, 5) is 12.6. The van der Waals surface area contributed by atoms with E-state index in [1.807, 2.05) is 13.8 Å².